The number of rotatable bonds is 1. The quantitative estimate of drug-likeness (QED) is 0.769. The number of hydrogen-bond acceptors (Lipinski definition) is 1. The van der Waals surface area contributed by atoms with E-state index in [4.69, 9.17) is 5.11 Å². The Kier molecular flexibility index (Phi) is 2.47. The zero-order valence-corrected chi connectivity index (χ0v) is 8.59. The number of carbonyl (C=O) groups is 1. The summed E-state index contributed by atoms with van der Waals surface area (Å²) in [6.07, 6.45) is 1.82. The minimum Gasteiger partial charge on any atom is -0.481 e. The predicted octanol–water partition coefficient (Wildman–Crippen LogP) is 2.32. The van der Waals surface area contributed by atoms with E-state index < -0.39 is 5.97 Å². The molecular formula is C12H13FO2. The Balaban J connectivity index is 2.34. The monoisotopic (exact) mass is 208 g/mol. The van der Waals surface area contributed by atoms with E-state index in [1.807, 2.05) is 0 Å². The summed E-state index contributed by atoms with van der Waals surface area (Å²) in [4.78, 5) is 10.8. The SMILES string of the molecule is Cc1cc2c(cc1F)CCC(C(=O)O)C2. The van der Waals surface area contributed by atoms with Crippen LogP contribution >= 0.6 is 0 Å². The lowest BCUT2D eigenvalue weighted by atomic mass is 9.83. The van der Waals surface area contributed by atoms with Crippen LogP contribution in [0.1, 0.15) is 23.1 Å². The Morgan fingerprint density at radius 2 is 2.20 bits per heavy atom. The second kappa shape index (κ2) is 3.65. The Morgan fingerprint density at radius 1 is 1.47 bits per heavy atom. The smallest absolute Gasteiger partial charge is 0.306 e. The summed E-state index contributed by atoms with van der Waals surface area (Å²) < 4.78 is 13.2. The lowest BCUT2D eigenvalue weighted by Crippen LogP contribution is -2.22. The van der Waals surface area contributed by atoms with Gasteiger partial charge in [-0.25, -0.2) is 4.39 Å². The lowest BCUT2D eigenvalue weighted by molar-refractivity contribution is -0.142. The molecule has 2 nitrogen and oxygen atoms in total. The van der Waals surface area contributed by atoms with Crippen molar-refractivity contribution in [3.05, 3.63) is 34.6 Å². The second-order valence-corrected chi connectivity index (χ2v) is 4.15. The van der Waals surface area contributed by atoms with Crippen LogP contribution < -0.4 is 0 Å². The molecule has 0 bridgehead atoms. The summed E-state index contributed by atoms with van der Waals surface area (Å²) in [5.74, 6) is -1.24. The van der Waals surface area contributed by atoms with Gasteiger partial charge in [0.25, 0.3) is 0 Å². The first-order chi connectivity index (χ1) is 7.08. The minimum absolute atomic E-state index is 0.192. The van der Waals surface area contributed by atoms with E-state index in [0.717, 1.165) is 11.1 Å². The molecule has 1 aliphatic rings. The molecule has 15 heavy (non-hydrogen) atoms. The Hall–Kier alpha value is -1.38. The minimum atomic E-state index is -0.748. The second-order valence-electron chi connectivity index (χ2n) is 4.15. The molecule has 3 heteroatoms. The van der Waals surface area contributed by atoms with Crippen molar-refractivity contribution in [1.29, 1.82) is 0 Å². The van der Waals surface area contributed by atoms with Crippen molar-refractivity contribution in [3.63, 3.8) is 0 Å². The molecule has 0 fully saturated rings. The molecule has 1 aromatic carbocycles. The molecule has 0 amide bonds. The van der Waals surface area contributed by atoms with Gasteiger partial charge in [-0.15, -0.1) is 0 Å². The third-order valence-electron chi connectivity index (χ3n) is 3.06. The average Bonchev–Trinajstić information content (AvgIpc) is 2.19. The van der Waals surface area contributed by atoms with Gasteiger partial charge in [0.2, 0.25) is 0 Å². The fraction of sp³-hybridized carbons (Fsp3) is 0.417. The summed E-state index contributed by atoms with van der Waals surface area (Å²) in [5, 5.41) is 8.91. The first-order valence-corrected chi connectivity index (χ1v) is 5.08. The van der Waals surface area contributed by atoms with Crippen LogP contribution in [0.2, 0.25) is 0 Å². The molecule has 1 N–H and O–H groups in total. The summed E-state index contributed by atoms with van der Waals surface area (Å²) in [6.45, 7) is 1.71. The van der Waals surface area contributed by atoms with E-state index in [-0.39, 0.29) is 11.7 Å². The Bertz CT molecular complexity index is 412. The molecule has 0 spiro atoms. The topological polar surface area (TPSA) is 37.3 Å². The van der Waals surface area contributed by atoms with Gasteiger partial charge in [-0.1, -0.05) is 6.07 Å². The fourth-order valence-electron chi connectivity index (χ4n) is 2.11. The number of benzene rings is 1. The standard InChI is InChI=1S/C12H13FO2/c1-7-4-10-5-9(12(14)15)3-2-8(10)6-11(7)13/h4,6,9H,2-3,5H2,1H3,(H,14,15). The molecule has 0 radical (unpaired) electrons. The largest absolute Gasteiger partial charge is 0.481 e. The normalized spacial score (nSPS) is 19.7. The van der Waals surface area contributed by atoms with E-state index in [0.29, 0.717) is 24.8 Å². The highest BCUT2D eigenvalue weighted by Crippen LogP contribution is 2.27. The highest BCUT2D eigenvalue weighted by atomic mass is 19.1. The van der Waals surface area contributed by atoms with E-state index in [9.17, 15) is 9.18 Å². The number of aliphatic carboxylic acids is 1. The maximum atomic E-state index is 13.2. The van der Waals surface area contributed by atoms with Crippen molar-refractivity contribution in [2.24, 2.45) is 5.92 Å². The summed E-state index contributed by atoms with van der Waals surface area (Å²) >= 11 is 0. The highest BCUT2D eigenvalue weighted by Gasteiger charge is 2.24. The summed E-state index contributed by atoms with van der Waals surface area (Å²) in [5.41, 5.74) is 2.56. The van der Waals surface area contributed by atoms with Crippen molar-refractivity contribution in [2.75, 3.05) is 0 Å². The van der Waals surface area contributed by atoms with Crippen LogP contribution in [0.3, 0.4) is 0 Å². The van der Waals surface area contributed by atoms with Gasteiger partial charge in [0.1, 0.15) is 5.82 Å². The molecule has 80 valence electrons. The van der Waals surface area contributed by atoms with Crippen molar-refractivity contribution < 1.29 is 14.3 Å². The predicted molar refractivity (Wildman–Crippen MR) is 54.3 cm³/mol. The maximum Gasteiger partial charge on any atom is 0.306 e. The number of fused-ring (bicyclic) bond motifs is 1. The highest BCUT2D eigenvalue weighted by molar-refractivity contribution is 5.71. The van der Waals surface area contributed by atoms with Crippen LogP contribution in [0, 0.1) is 18.7 Å². The molecule has 0 aromatic heterocycles. The number of halogens is 1. The molecule has 0 aliphatic heterocycles. The number of carboxylic acid groups (broad SMARTS) is 1. The van der Waals surface area contributed by atoms with Crippen LogP contribution in [-0.2, 0) is 17.6 Å². The van der Waals surface area contributed by atoms with Gasteiger partial charge in [0.15, 0.2) is 0 Å². The van der Waals surface area contributed by atoms with E-state index >= 15 is 0 Å². The van der Waals surface area contributed by atoms with E-state index in [2.05, 4.69) is 0 Å². The molecule has 1 atom stereocenters. The molecule has 0 heterocycles. The van der Waals surface area contributed by atoms with Crippen molar-refractivity contribution in [3.8, 4) is 0 Å². The molecule has 1 unspecified atom stereocenters. The molecule has 0 saturated carbocycles. The maximum absolute atomic E-state index is 13.2. The van der Waals surface area contributed by atoms with Crippen LogP contribution in [0.4, 0.5) is 4.39 Å². The number of hydrogen-bond donors (Lipinski definition) is 1. The Morgan fingerprint density at radius 3 is 2.87 bits per heavy atom. The van der Waals surface area contributed by atoms with Gasteiger partial charge < -0.3 is 5.11 Å². The first-order valence-electron chi connectivity index (χ1n) is 5.08. The van der Waals surface area contributed by atoms with Crippen molar-refractivity contribution in [2.45, 2.75) is 26.2 Å². The van der Waals surface area contributed by atoms with Crippen LogP contribution in [0.15, 0.2) is 12.1 Å². The van der Waals surface area contributed by atoms with Gasteiger partial charge in [0, 0.05) is 0 Å². The number of aryl methyl sites for hydroxylation is 2. The van der Waals surface area contributed by atoms with Crippen LogP contribution in [0.5, 0.6) is 0 Å². The fourth-order valence-corrected chi connectivity index (χ4v) is 2.11. The van der Waals surface area contributed by atoms with Gasteiger partial charge in [-0.05, 0) is 48.9 Å². The van der Waals surface area contributed by atoms with Gasteiger partial charge in [0.05, 0.1) is 5.92 Å². The number of carboxylic acids is 1. The molecule has 0 saturated heterocycles. The zero-order chi connectivity index (χ0) is 11.0. The third kappa shape index (κ3) is 1.87. The molecule has 1 aromatic rings. The van der Waals surface area contributed by atoms with Gasteiger partial charge >= 0.3 is 5.97 Å². The Labute approximate surface area is 87.7 Å². The van der Waals surface area contributed by atoms with Crippen molar-refractivity contribution >= 4 is 5.97 Å². The van der Waals surface area contributed by atoms with Gasteiger partial charge in [-0.3, -0.25) is 4.79 Å². The molecular weight excluding hydrogens is 195 g/mol. The third-order valence-corrected chi connectivity index (χ3v) is 3.06. The van der Waals surface area contributed by atoms with Crippen LogP contribution in [-0.4, -0.2) is 11.1 Å². The lowest BCUT2D eigenvalue weighted by Gasteiger charge is -2.22. The van der Waals surface area contributed by atoms with Gasteiger partial charge in [-0.2, -0.15) is 0 Å². The zero-order valence-electron chi connectivity index (χ0n) is 8.59. The first kappa shape index (κ1) is 10.1. The van der Waals surface area contributed by atoms with Crippen LogP contribution in [0.25, 0.3) is 0 Å². The summed E-state index contributed by atoms with van der Waals surface area (Å²) in [7, 11) is 0. The van der Waals surface area contributed by atoms with Crippen molar-refractivity contribution in [1.82, 2.24) is 0 Å². The summed E-state index contributed by atoms with van der Waals surface area (Å²) in [6, 6.07) is 3.32. The van der Waals surface area contributed by atoms with E-state index in [1.165, 1.54) is 0 Å². The van der Waals surface area contributed by atoms with E-state index in [1.54, 1.807) is 19.1 Å². The molecule has 1 aliphatic carbocycles. The molecule has 2 rings (SSSR count). The average molecular weight is 208 g/mol.